The van der Waals surface area contributed by atoms with Gasteiger partial charge < -0.3 is 14.8 Å². The van der Waals surface area contributed by atoms with Crippen LogP contribution >= 0.6 is 0 Å². The minimum atomic E-state index is -0.462. The maximum Gasteiger partial charge on any atom is 0.287 e. The number of nitrogens with zero attached hydrogens (tertiary/aromatic N) is 3. The lowest BCUT2D eigenvalue weighted by molar-refractivity contribution is -0.384. The molecule has 1 aromatic heterocycles. The van der Waals surface area contributed by atoms with Crippen LogP contribution in [0.2, 0.25) is 0 Å². The van der Waals surface area contributed by atoms with Crippen molar-refractivity contribution in [3.8, 4) is 0 Å². The molecule has 0 bridgehead atoms. The van der Waals surface area contributed by atoms with Crippen molar-refractivity contribution < 1.29 is 9.72 Å². The largest absolute Gasteiger partial charge is 0.340 e. The third kappa shape index (κ3) is 2.21. The van der Waals surface area contributed by atoms with Gasteiger partial charge in [-0.2, -0.15) is 0 Å². The molecule has 0 spiro atoms. The number of carbonyl (C=O) groups excluding carboxylic acids is 1. The number of carbonyl (C=O) groups is 1. The molecule has 21 heavy (non-hydrogen) atoms. The van der Waals surface area contributed by atoms with Gasteiger partial charge in [0.15, 0.2) is 0 Å². The van der Waals surface area contributed by atoms with Gasteiger partial charge in [-0.25, -0.2) is 0 Å². The Morgan fingerprint density at radius 2 is 2.29 bits per heavy atom. The van der Waals surface area contributed by atoms with Gasteiger partial charge >= 0.3 is 0 Å². The minimum absolute atomic E-state index is 0.0324. The highest BCUT2D eigenvalue weighted by molar-refractivity contribution is 5.94. The first kappa shape index (κ1) is 14.1. The Bertz CT molecular complexity index is 583. The van der Waals surface area contributed by atoms with Gasteiger partial charge in [0.25, 0.3) is 11.6 Å². The predicted octanol–water partition coefficient (Wildman–Crippen LogP) is 1.00. The van der Waals surface area contributed by atoms with Crippen LogP contribution in [0, 0.1) is 22.0 Å². The summed E-state index contributed by atoms with van der Waals surface area (Å²) in [5.41, 5.74) is 0.364. The van der Waals surface area contributed by atoms with Gasteiger partial charge in [0, 0.05) is 38.8 Å². The van der Waals surface area contributed by atoms with Crippen molar-refractivity contribution >= 4 is 11.6 Å². The molecule has 0 aliphatic carbocycles. The van der Waals surface area contributed by atoms with Crippen molar-refractivity contribution in [3.05, 3.63) is 28.1 Å². The molecule has 1 N–H and O–H groups in total. The number of nitrogens with one attached hydrogen (secondary N) is 1. The number of likely N-dealkylation sites (tertiary alicyclic amines) is 1. The van der Waals surface area contributed by atoms with Crippen LogP contribution in [0.25, 0.3) is 0 Å². The summed E-state index contributed by atoms with van der Waals surface area (Å²) in [6.45, 7) is 4.76. The Balaban J connectivity index is 1.86. The van der Waals surface area contributed by atoms with E-state index in [1.165, 1.54) is 12.3 Å². The second-order valence-electron chi connectivity index (χ2n) is 5.97. The molecule has 7 nitrogen and oxygen atoms in total. The molecule has 0 saturated carbocycles. The quantitative estimate of drug-likeness (QED) is 0.666. The fraction of sp³-hybridized carbons (Fsp3) is 0.643. The topological polar surface area (TPSA) is 80.4 Å². The summed E-state index contributed by atoms with van der Waals surface area (Å²) in [4.78, 5) is 25.1. The summed E-state index contributed by atoms with van der Waals surface area (Å²) in [7, 11) is 1.68. The maximum absolute atomic E-state index is 12.8. The molecule has 7 heteroatoms. The van der Waals surface area contributed by atoms with E-state index in [0.717, 1.165) is 26.1 Å². The molecular formula is C14H20N4O3. The van der Waals surface area contributed by atoms with Gasteiger partial charge in [-0.1, -0.05) is 6.92 Å². The lowest BCUT2D eigenvalue weighted by Gasteiger charge is -2.27. The van der Waals surface area contributed by atoms with Crippen LogP contribution in [0.4, 0.5) is 5.69 Å². The third-order valence-electron chi connectivity index (χ3n) is 4.82. The molecule has 2 saturated heterocycles. The first-order valence-corrected chi connectivity index (χ1v) is 7.35. The summed E-state index contributed by atoms with van der Waals surface area (Å²) < 4.78 is 1.56. The zero-order valence-electron chi connectivity index (χ0n) is 12.3. The molecular weight excluding hydrogens is 272 g/mol. The third-order valence-corrected chi connectivity index (χ3v) is 4.82. The van der Waals surface area contributed by atoms with Crippen LogP contribution in [0.3, 0.4) is 0 Å². The van der Waals surface area contributed by atoms with E-state index in [2.05, 4.69) is 12.2 Å². The van der Waals surface area contributed by atoms with Gasteiger partial charge in [0.2, 0.25) is 0 Å². The van der Waals surface area contributed by atoms with E-state index in [9.17, 15) is 14.9 Å². The van der Waals surface area contributed by atoms with E-state index >= 15 is 0 Å². The predicted molar refractivity (Wildman–Crippen MR) is 77.0 cm³/mol. The fourth-order valence-corrected chi connectivity index (χ4v) is 3.79. The Hall–Kier alpha value is -1.89. The van der Waals surface area contributed by atoms with Crippen molar-refractivity contribution in [2.45, 2.75) is 19.4 Å². The average molecular weight is 292 g/mol. The maximum atomic E-state index is 12.8. The molecule has 2 aliphatic rings. The minimum Gasteiger partial charge on any atom is -0.340 e. The van der Waals surface area contributed by atoms with Crippen LogP contribution in [0.1, 0.15) is 23.8 Å². The average Bonchev–Trinajstić information content (AvgIpc) is 3.10. The molecule has 3 unspecified atom stereocenters. The molecule has 3 atom stereocenters. The number of aryl methyl sites for hydroxylation is 1. The monoisotopic (exact) mass is 292 g/mol. The van der Waals surface area contributed by atoms with Crippen molar-refractivity contribution in [2.24, 2.45) is 18.9 Å². The van der Waals surface area contributed by atoms with Gasteiger partial charge in [0.1, 0.15) is 5.69 Å². The Morgan fingerprint density at radius 1 is 1.52 bits per heavy atom. The summed E-state index contributed by atoms with van der Waals surface area (Å²) in [6.07, 6.45) is 2.31. The molecule has 0 aromatic carbocycles. The number of rotatable bonds is 3. The number of aromatic nitrogens is 1. The van der Waals surface area contributed by atoms with Crippen molar-refractivity contribution in [2.75, 3.05) is 19.6 Å². The van der Waals surface area contributed by atoms with Crippen molar-refractivity contribution in [3.63, 3.8) is 0 Å². The van der Waals surface area contributed by atoms with E-state index in [-0.39, 0.29) is 17.6 Å². The molecule has 2 aliphatic heterocycles. The highest BCUT2D eigenvalue weighted by Crippen LogP contribution is 2.35. The van der Waals surface area contributed by atoms with Gasteiger partial charge in [-0.05, 0) is 18.3 Å². The zero-order valence-corrected chi connectivity index (χ0v) is 12.3. The van der Waals surface area contributed by atoms with Crippen LogP contribution in [0.15, 0.2) is 12.3 Å². The van der Waals surface area contributed by atoms with Crippen molar-refractivity contribution in [1.29, 1.82) is 0 Å². The van der Waals surface area contributed by atoms with E-state index < -0.39 is 4.92 Å². The molecule has 3 rings (SSSR count). The molecule has 3 heterocycles. The number of fused-ring (bicyclic) bond motifs is 1. The van der Waals surface area contributed by atoms with Gasteiger partial charge in [0.05, 0.1) is 11.1 Å². The Morgan fingerprint density at radius 3 is 2.90 bits per heavy atom. The highest BCUT2D eigenvalue weighted by atomic mass is 16.6. The summed E-state index contributed by atoms with van der Waals surface area (Å²) >= 11 is 0. The first-order chi connectivity index (χ1) is 10.0. The van der Waals surface area contributed by atoms with Gasteiger partial charge in [-0.3, -0.25) is 14.9 Å². The summed E-state index contributed by atoms with van der Waals surface area (Å²) in [5.74, 6) is 0.926. The normalized spacial score (nSPS) is 27.9. The molecule has 2 fully saturated rings. The van der Waals surface area contributed by atoms with Gasteiger partial charge in [-0.15, -0.1) is 0 Å². The smallest absolute Gasteiger partial charge is 0.287 e. The number of hydrogen-bond acceptors (Lipinski definition) is 4. The zero-order chi connectivity index (χ0) is 15.1. The second-order valence-corrected chi connectivity index (χ2v) is 5.97. The van der Waals surface area contributed by atoms with Crippen LogP contribution in [0.5, 0.6) is 0 Å². The molecule has 0 radical (unpaired) electrons. The lowest BCUT2D eigenvalue weighted by atomic mass is 9.93. The number of amides is 1. The van der Waals surface area contributed by atoms with Crippen LogP contribution < -0.4 is 5.32 Å². The Kier molecular flexibility index (Phi) is 3.44. The standard InChI is InChI=1S/C14H20N4O3/c1-3-12-11-6-15-5-9(11)7-17(12)14(19)13-4-10(18(20)21)8-16(13)2/h4,8-9,11-12,15H,3,5-7H2,1-2H3. The Labute approximate surface area is 123 Å². The lowest BCUT2D eigenvalue weighted by Crippen LogP contribution is -2.40. The van der Waals surface area contributed by atoms with E-state index in [1.54, 1.807) is 11.6 Å². The number of nitro groups is 1. The van der Waals surface area contributed by atoms with Crippen LogP contribution in [-0.2, 0) is 7.05 Å². The highest BCUT2D eigenvalue weighted by Gasteiger charge is 2.45. The number of hydrogen-bond donors (Lipinski definition) is 1. The van der Waals surface area contributed by atoms with E-state index in [4.69, 9.17) is 0 Å². The molecule has 114 valence electrons. The molecule has 1 amide bonds. The summed E-state index contributed by atoms with van der Waals surface area (Å²) in [5, 5.41) is 14.2. The first-order valence-electron chi connectivity index (χ1n) is 7.35. The fourth-order valence-electron chi connectivity index (χ4n) is 3.79. The summed E-state index contributed by atoms with van der Waals surface area (Å²) in [6, 6.07) is 1.60. The SMILES string of the molecule is CCC1C2CNCC2CN1C(=O)c1cc([N+](=O)[O-])cn1C. The molecule has 1 aromatic rings. The van der Waals surface area contributed by atoms with E-state index in [1.807, 2.05) is 4.90 Å². The second kappa shape index (κ2) is 5.14. The van der Waals surface area contributed by atoms with Crippen molar-refractivity contribution in [1.82, 2.24) is 14.8 Å². The van der Waals surface area contributed by atoms with Crippen LogP contribution in [-0.4, -0.2) is 46.0 Å². The van der Waals surface area contributed by atoms with E-state index in [0.29, 0.717) is 17.5 Å².